The minimum Gasteiger partial charge on any atom is -0.443 e. The van der Waals surface area contributed by atoms with E-state index in [0.29, 0.717) is 11.5 Å². The normalized spacial score (nSPS) is 13.2. The van der Waals surface area contributed by atoms with E-state index in [1.165, 1.54) is 0 Å². The Labute approximate surface area is 125 Å². The van der Waals surface area contributed by atoms with Gasteiger partial charge in [-0.15, -0.1) is 0 Å². The SMILES string of the molecule is CCS(=O)CCNC(=O)c1cc(S(=O)(=O)Cl)c(Br)o1. The molecule has 0 saturated heterocycles. The van der Waals surface area contributed by atoms with Crippen LogP contribution in [-0.2, 0) is 19.9 Å². The van der Waals surface area contributed by atoms with Crippen molar-refractivity contribution >= 4 is 52.4 Å². The number of amides is 1. The molecule has 1 aromatic rings. The van der Waals surface area contributed by atoms with Gasteiger partial charge in [-0.1, -0.05) is 6.92 Å². The number of hydrogen-bond acceptors (Lipinski definition) is 5. The highest BCUT2D eigenvalue weighted by Crippen LogP contribution is 2.28. The molecule has 108 valence electrons. The van der Waals surface area contributed by atoms with Crippen LogP contribution in [0, 0.1) is 0 Å². The molecule has 0 saturated carbocycles. The van der Waals surface area contributed by atoms with Crippen molar-refractivity contribution in [3.63, 3.8) is 0 Å². The number of rotatable bonds is 6. The lowest BCUT2D eigenvalue weighted by atomic mass is 10.4. The number of nitrogens with one attached hydrogen (secondary N) is 1. The van der Waals surface area contributed by atoms with Crippen LogP contribution < -0.4 is 5.32 Å². The highest BCUT2D eigenvalue weighted by molar-refractivity contribution is 9.10. The van der Waals surface area contributed by atoms with Gasteiger partial charge in [0.25, 0.3) is 15.0 Å². The first kappa shape index (κ1) is 16.7. The monoisotopic (exact) mass is 391 g/mol. The maximum atomic E-state index is 11.6. The Morgan fingerprint density at radius 3 is 2.68 bits per heavy atom. The molecule has 1 rings (SSSR count). The van der Waals surface area contributed by atoms with E-state index in [9.17, 15) is 17.4 Å². The van der Waals surface area contributed by atoms with E-state index in [0.717, 1.165) is 6.07 Å². The van der Waals surface area contributed by atoms with Crippen molar-refractivity contribution in [2.45, 2.75) is 11.8 Å². The second-order valence-corrected chi connectivity index (χ2v) is 8.49. The Balaban J connectivity index is 2.71. The van der Waals surface area contributed by atoms with Crippen LogP contribution in [0.25, 0.3) is 0 Å². The Kier molecular flexibility index (Phi) is 6.03. The van der Waals surface area contributed by atoms with Gasteiger partial charge in [0.05, 0.1) is 0 Å². The van der Waals surface area contributed by atoms with Crippen LogP contribution >= 0.6 is 26.6 Å². The van der Waals surface area contributed by atoms with Gasteiger partial charge >= 0.3 is 0 Å². The van der Waals surface area contributed by atoms with Gasteiger partial charge in [0, 0.05) is 45.6 Å². The van der Waals surface area contributed by atoms with E-state index in [2.05, 4.69) is 21.2 Å². The molecule has 0 bridgehead atoms. The molecular weight excluding hydrogens is 382 g/mol. The van der Waals surface area contributed by atoms with E-state index in [1.807, 2.05) is 0 Å². The lowest BCUT2D eigenvalue weighted by molar-refractivity contribution is 0.0927. The van der Waals surface area contributed by atoms with E-state index in [-0.39, 0.29) is 21.9 Å². The molecule has 0 aliphatic rings. The molecule has 1 unspecified atom stereocenters. The molecule has 0 aliphatic heterocycles. The van der Waals surface area contributed by atoms with Crippen LogP contribution in [0.15, 0.2) is 20.0 Å². The van der Waals surface area contributed by atoms with Crippen molar-refractivity contribution in [1.29, 1.82) is 0 Å². The molecule has 0 aliphatic carbocycles. The van der Waals surface area contributed by atoms with Gasteiger partial charge < -0.3 is 9.73 Å². The average Bonchev–Trinajstić information content (AvgIpc) is 2.70. The zero-order chi connectivity index (χ0) is 14.6. The van der Waals surface area contributed by atoms with Gasteiger partial charge in [0.1, 0.15) is 4.90 Å². The zero-order valence-electron chi connectivity index (χ0n) is 9.81. The third kappa shape index (κ3) is 4.90. The van der Waals surface area contributed by atoms with Crippen molar-refractivity contribution < 1.29 is 21.8 Å². The molecule has 0 spiro atoms. The summed E-state index contributed by atoms with van der Waals surface area (Å²) in [6.07, 6.45) is 0. The smallest absolute Gasteiger partial charge is 0.287 e. The first-order chi connectivity index (χ1) is 8.75. The maximum Gasteiger partial charge on any atom is 0.287 e. The van der Waals surface area contributed by atoms with Crippen molar-refractivity contribution in [3.8, 4) is 0 Å². The van der Waals surface area contributed by atoms with Gasteiger partial charge in [-0.2, -0.15) is 0 Å². The summed E-state index contributed by atoms with van der Waals surface area (Å²) < 4.78 is 38.2. The molecule has 0 aromatic carbocycles. The minimum atomic E-state index is -3.98. The second kappa shape index (κ2) is 6.87. The zero-order valence-corrected chi connectivity index (χ0v) is 13.8. The summed E-state index contributed by atoms with van der Waals surface area (Å²) in [6, 6.07) is 1.03. The number of carbonyl (C=O) groups is 1. The summed E-state index contributed by atoms with van der Waals surface area (Å²) in [4.78, 5) is 11.3. The Morgan fingerprint density at radius 2 is 2.21 bits per heavy atom. The number of furan rings is 1. The summed E-state index contributed by atoms with van der Waals surface area (Å²) in [7, 11) is 0.191. The van der Waals surface area contributed by atoms with Gasteiger partial charge in [0.2, 0.25) is 0 Å². The quantitative estimate of drug-likeness (QED) is 0.740. The molecule has 1 heterocycles. The predicted octanol–water partition coefficient (Wildman–Crippen LogP) is 1.47. The second-order valence-electron chi connectivity index (χ2n) is 3.37. The van der Waals surface area contributed by atoms with Crippen LogP contribution in [0.5, 0.6) is 0 Å². The van der Waals surface area contributed by atoms with Crippen molar-refractivity contribution in [3.05, 3.63) is 16.5 Å². The van der Waals surface area contributed by atoms with Gasteiger partial charge in [-0.3, -0.25) is 9.00 Å². The molecule has 0 fully saturated rings. The van der Waals surface area contributed by atoms with Gasteiger partial charge in [-0.25, -0.2) is 8.42 Å². The van der Waals surface area contributed by atoms with Crippen LogP contribution in [0.2, 0.25) is 0 Å². The summed E-state index contributed by atoms with van der Waals surface area (Å²) in [5.74, 6) is 0.0513. The fourth-order valence-corrected chi connectivity index (χ4v) is 3.79. The van der Waals surface area contributed by atoms with Gasteiger partial charge in [-0.05, 0) is 15.9 Å². The molecule has 1 amide bonds. The third-order valence-electron chi connectivity index (χ3n) is 2.08. The third-order valence-corrected chi connectivity index (χ3v) is 5.56. The highest BCUT2D eigenvalue weighted by atomic mass is 79.9. The van der Waals surface area contributed by atoms with Crippen molar-refractivity contribution in [2.75, 3.05) is 18.1 Å². The maximum absolute atomic E-state index is 11.6. The first-order valence-corrected chi connectivity index (χ1v) is 9.72. The van der Waals surface area contributed by atoms with E-state index in [4.69, 9.17) is 15.1 Å². The molecular formula is C9H11BrClNO5S2. The molecule has 19 heavy (non-hydrogen) atoms. The number of hydrogen-bond donors (Lipinski definition) is 1. The lowest BCUT2D eigenvalue weighted by Crippen LogP contribution is -2.27. The van der Waals surface area contributed by atoms with Crippen LogP contribution in [0.4, 0.5) is 0 Å². The predicted molar refractivity (Wildman–Crippen MR) is 75.3 cm³/mol. The fraction of sp³-hybridized carbons (Fsp3) is 0.444. The van der Waals surface area contributed by atoms with E-state index >= 15 is 0 Å². The van der Waals surface area contributed by atoms with E-state index in [1.54, 1.807) is 6.92 Å². The van der Waals surface area contributed by atoms with Gasteiger partial charge in [0.15, 0.2) is 10.4 Å². The number of carbonyl (C=O) groups excluding carboxylic acids is 1. The lowest BCUT2D eigenvalue weighted by Gasteiger charge is -2.01. The van der Waals surface area contributed by atoms with Crippen molar-refractivity contribution in [1.82, 2.24) is 5.32 Å². The summed E-state index contributed by atoms with van der Waals surface area (Å²) in [5.41, 5.74) is 0. The molecule has 1 atom stereocenters. The topological polar surface area (TPSA) is 93.5 Å². The molecule has 10 heteroatoms. The molecule has 1 aromatic heterocycles. The van der Waals surface area contributed by atoms with E-state index < -0.39 is 25.8 Å². The fourth-order valence-electron chi connectivity index (χ4n) is 1.14. The minimum absolute atomic E-state index is 0.134. The first-order valence-electron chi connectivity index (χ1n) is 5.13. The molecule has 6 nitrogen and oxygen atoms in total. The van der Waals surface area contributed by atoms with Crippen LogP contribution in [0.3, 0.4) is 0 Å². The van der Waals surface area contributed by atoms with Crippen LogP contribution in [-0.4, -0.2) is 36.6 Å². The Morgan fingerprint density at radius 1 is 1.58 bits per heavy atom. The summed E-state index contributed by atoms with van der Waals surface area (Å²) >= 11 is 2.86. The standard InChI is InChI=1S/C9H11BrClNO5S2/c1-2-18(14)4-3-12-9(13)6-5-7(8(10)17-6)19(11,15)16/h5H,2-4H2,1H3,(H,12,13). The molecule has 1 N–H and O–H groups in total. The molecule has 0 radical (unpaired) electrons. The largest absolute Gasteiger partial charge is 0.443 e. The van der Waals surface area contributed by atoms with Crippen molar-refractivity contribution in [2.24, 2.45) is 0 Å². The Bertz CT molecular complexity index is 598. The average molecular weight is 393 g/mol. The number of halogens is 2. The Hall–Kier alpha value is -0.380. The summed E-state index contributed by atoms with van der Waals surface area (Å²) in [6.45, 7) is 1.99. The van der Waals surface area contributed by atoms with Crippen LogP contribution in [0.1, 0.15) is 17.5 Å². The highest BCUT2D eigenvalue weighted by Gasteiger charge is 2.23. The summed E-state index contributed by atoms with van der Waals surface area (Å²) in [5, 5.41) is 2.47.